The molecule has 3 rings (SSSR count). The third-order valence-electron chi connectivity index (χ3n) is 4.41. The van der Waals surface area contributed by atoms with Crippen molar-refractivity contribution in [2.75, 3.05) is 19.0 Å². The quantitative estimate of drug-likeness (QED) is 0.864. The lowest BCUT2D eigenvalue weighted by Crippen LogP contribution is -2.43. The Labute approximate surface area is 146 Å². The maximum Gasteiger partial charge on any atom is 0.251 e. The predicted molar refractivity (Wildman–Crippen MR) is 94.6 cm³/mol. The molecule has 0 saturated heterocycles. The van der Waals surface area contributed by atoms with Gasteiger partial charge < -0.3 is 10.2 Å². The first-order chi connectivity index (χ1) is 11.5. The Balaban J connectivity index is 1.78. The summed E-state index contributed by atoms with van der Waals surface area (Å²) in [5, 5.41) is 7.83. The summed E-state index contributed by atoms with van der Waals surface area (Å²) in [6.45, 7) is 0. The summed E-state index contributed by atoms with van der Waals surface area (Å²) < 4.78 is 1.95. The Morgan fingerprint density at radius 3 is 2.83 bits per heavy atom. The number of carbonyl (C=O) groups is 1. The van der Waals surface area contributed by atoms with Crippen molar-refractivity contribution < 1.29 is 4.79 Å². The van der Waals surface area contributed by atoms with E-state index < -0.39 is 0 Å². The molecular formula is C17H22ClN5O. The van der Waals surface area contributed by atoms with Gasteiger partial charge in [-0.3, -0.25) is 9.48 Å². The number of anilines is 1. The highest BCUT2D eigenvalue weighted by molar-refractivity contribution is 6.29. The maximum absolute atomic E-state index is 12.7. The molecule has 0 aliphatic heterocycles. The molecule has 2 aromatic heterocycles. The summed E-state index contributed by atoms with van der Waals surface area (Å²) in [7, 11) is 3.74. The molecule has 128 valence electrons. The SMILES string of the molecule is CN(C)c1cc(C(=O)NC2CCCCC2n2cccn2)cc(Cl)n1. The number of nitrogens with one attached hydrogen (secondary N) is 1. The summed E-state index contributed by atoms with van der Waals surface area (Å²) >= 11 is 6.06. The summed E-state index contributed by atoms with van der Waals surface area (Å²) in [4.78, 5) is 18.8. The number of hydrogen-bond acceptors (Lipinski definition) is 4. The van der Waals surface area contributed by atoms with E-state index >= 15 is 0 Å². The van der Waals surface area contributed by atoms with Gasteiger partial charge in [0.05, 0.1) is 12.1 Å². The van der Waals surface area contributed by atoms with E-state index in [-0.39, 0.29) is 18.0 Å². The molecule has 2 atom stereocenters. The normalized spacial score (nSPS) is 20.6. The van der Waals surface area contributed by atoms with Gasteiger partial charge in [-0.1, -0.05) is 24.4 Å². The van der Waals surface area contributed by atoms with Gasteiger partial charge in [-0.25, -0.2) is 4.98 Å². The van der Waals surface area contributed by atoms with Crippen LogP contribution in [0.15, 0.2) is 30.6 Å². The van der Waals surface area contributed by atoms with Crippen LogP contribution in [0.25, 0.3) is 0 Å². The minimum absolute atomic E-state index is 0.0703. The lowest BCUT2D eigenvalue weighted by atomic mass is 9.90. The molecule has 1 fully saturated rings. The highest BCUT2D eigenvalue weighted by Gasteiger charge is 2.28. The number of carbonyl (C=O) groups excluding carboxylic acids is 1. The van der Waals surface area contributed by atoms with Crippen molar-refractivity contribution in [2.45, 2.75) is 37.8 Å². The zero-order valence-electron chi connectivity index (χ0n) is 13.9. The fourth-order valence-electron chi connectivity index (χ4n) is 3.17. The summed E-state index contributed by atoms with van der Waals surface area (Å²) in [6, 6.07) is 5.55. The van der Waals surface area contributed by atoms with E-state index in [2.05, 4.69) is 15.4 Å². The third kappa shape index (κ3) is 3.70. The van der Waals surface area contributed by atoms with Crippen molar-refractivity contribution in [3.63, 3.8) is 0 Å². The van der Waals surface area contributed by atoms with Crippen LogP contribution in [0.2, 0.25) is 5.15 Å². The lowest BCUT2D eigenvalue weighted by molar-refractivity contribution is 0.0905. The maximum atomic E-state index is 12.7. The topological polar surface area (TPSA) is 63.1 Å². The third-order valence-corrected chi connectivity index (χ3v) is 4.61. The van der Waals surface area contributed by atoms with Gasteiger partial charge in [-0.2, -0.15) is 5.10 Å². The minimum Gasteiger partial charge on any atom is -0.363 e. The summed E-state index contributed by atoms with van der Waals surface area (Å²) in [5.74, 6) is 0.548. The van der Waals surface area contributed by atoms with Gasteiger partial charge in [-0.05, 0) is 31.0 Å². The first-order valence-electron chi connectivity index (χ1n) is 8.19. The van der Waals surface area contributed by atoms with Gasteiger partial charge in [0.1, 0.15) is 11.0 Å². The molecule has 2 heterocycles. The highest BCUT2D eigenvalue weighted by atomic mass is 35.5. The number of pyridine rings is 1. The second-order valence-corrected chi connectivity index (χ2v) is 6.74. The first kappa shape index (κ1) is 16.8. The van der Waals surface area contributed by atoms with Gasteiger partial charge in [0.15, 0.2) is 0 Å². The number of aromatic nitrogens is 3. The number of halogens is 1. The molecule has 0 spiro atoms. The number of amides is 1. The van der Waals surface area contributed by atoms with Gasteiger partial charge in [0.25, 0.3) is 5.91 Å². The zero-order valence-corrected chi connectivity index (χ0v) is 14.7. The molecule has 0 aromatic carbocycles. The van der Waals surface area contributed by atoms with Crippen molar-refractivity contribution in [2.24, 2.45) is 0 Å². The average Bonchev–Trinajstić information content (AvgIpc) is 3.09. The Morgan fingerprint density at radius 2 is 2.12 bits per heavy atom. The van der Waals surface area contributed by atoms with E-state index in [4.69, 9.17) is 11.6 Å². The largest absolute Gasteiger partial charge is 0.363 e. The Bertz CT molecular complexity index is 701. The molecule has 2 aromatic rings. The van der Waals surface area contributed by atoms with E-state index in [0.29, 0.717) is 16.5 Å². The van der Waals surface area contributed by atoms with Crippen LogP contribution in [0.3, 0.4) is 0 Å². The second kappa shape index (κ2) is 7.21. The fraction of sp³-hybridized carbons (Fsp3) is 0.471. The Hall–Kier alpha value is -2.08. The van der Waals surface area contributed by atoms with Crippen LogP contribution >= 0.6 is 11.6 Å². The molecular weight excluding hydrogens is 326 g/mol. The first-order valence-corrected chi connectivity index (χ1v) is 8.57. The molecule has 24 heavy (non-hydrogen) atoms. The Morgan fingerprint density at radius 1 is 1.33 bits per heavy atom. The van der Waals surface area contributed by atoms with Crippen molar-refractivity contribution in [3.05, 3.63) is 41.3 Å². The monoisotopic (exact) mass is 347 g/mol. The fourth-order valence-corrected chi connectivity index (χ4v) is 3.37. The van der Waals surface area contributed by atoms with Crippen molar-refractivity contribution >= 4 is 23.3 Å². The molecule has 0 radical (unpaired) electrons. The lowest BCUT2D eigenvalue weighted by Gasteiger charge is -2.32. The minimum atomic E-state index is -0.119. The van der Waals surface area contributed by atoms with Gasteiger partial charge in [0, 0.05) is 32.1 Å². The van der Waals surface area contributed by atoms with Gasteiger partial charge in [0.2, 0.25) is 0 Å². The van der Waals surface area contributed by atoms with E-state index in [1.807, 2.05) is 35.9 Å². The van der Waals surface area contributed by atoms with Crippen molar-refractivity contribution in [1.29, 1.82) is 0 Å². The molecule has 1 aliphatic carbocycles. The average molecular weight is 348 g/mol. The second-order valence-electron chi connectivity index (χ2n) is 6.35. The zero-order chi connectivity index (χ0) is 17.1. The van der Waals surface area contributed by atoms with Crippen molar-refractivity contribution in [1.82, 2.24) is 20.1 Å². The predicted octanol–water partition coefficient (Wildman–Crippen LogP) is 2.91. The van der Waals surface area contributed by atoms with E-state index in [1.54, 1.807) is 18.3 Å². The standard InChI is InChI=1S/C17H22ClN5O/c1-22(2)16-11-12(10-15(18)21-16)17(24)20-13-6-3-4-7-14(13)23-9-5-8-19-23/h5,8-11,13-14H,3-4,6-7H2,1-2H3,(H,20,24). The Kier molecular flexibility index (Phi) is 5.04. The van der Waals surface area contributed by atoms with Crippen LogP contribution in [0.1, 0.15) is 42.1 Å². The van der Waals surface area contributed by atoms with Gasteiger partial charge >= 0.3 is 0 Å². The highest BCUT2D eigenvalue weighted by Crippen LogP contribution is 2.28. The van der Waals surface area contributed by atoms with Gasteiger partial charge in [-0.15, -0.1) is 0 Å². The van der Waals surface area contributed by atoms with Crippen LogP contribution in [-0.4, -0.2) is 40.8 Å². The van der Waals surface area contributed by atoms with E-state index in [9.17, 15) is 4.79 Å². The molecule has 1 aliphatic rings. The molecule has 7 heteroatoms. The number of rotatable bonds is 4. The molecule has 0 bridgehead atoms. The van der Waals surface area contributed by atoms with E-state index in [0.717, 1.165) is 25.7 Å². The van der Waals surface area contributed by atoms with E-state index in [1.165, 1.54) is 0 Å². The van der Waals surface area contributed by atoms with Crippen LogP contribution in [0, 0.1) is 0 Å². The summed E-state index contributed by atoms with van der Waals surface area (Å²) in [5.41, 5.74) is 0.531. The summed E-state index contributed by atoms with van der Waals surface area (Å²) in [6.07, 6.45) is 7.98. The van der Waals surface area contributed by atoms with Crippen LogP contribution in [0.5, 0.6) is 0 Å². The molecule has 1 N–H and O–H groups in total. The van der Waals surface area contributed by atoms with Crippen molar-refractivity contribution in [3.8, 4) is 0 Å². The molecule has 6 nitrogen and oxygen atoms in total. The molecule has 1 amide bonds. The number of hydrogen-bond donors (Lipinski definition) is 1. The van der Waals surface area contributed by atoms with Crippen LogP contribution < -0.4 is 10.2 Å². The number of nitrogens with zero attached hydrogens (tertiary/aromatic N) is 4. The van der Waals surface area contributed by atoms with Crippen LogP contribution in [-0.2, 0) is 0 Å². The smallest absolute Gasteiger partial charge is 0.251 e. The molecule has 2 unspecified atom stereocenters. The molecule has 1 saturated carbocycles. The van der Waals surface area contributed by atoms with Crippen LogP contribution in [0.4, 0.5) is 5.82 Å².